The predicted molar refractivity (Wildman–Crippen MR) is 148 cm³/mol. The summed E-state index contributed by atoms with van der Waals surface area (Å²) in [5.74, 6) is -5.36. The van der Waals surface area contributed by atoms with Gasteiger partial charge in [0.15, 0.2) is 11.6 Å². The number of amidine groups is 1. The fourth-order valence-corrected chi connectivity index (χ4v) is 5.05. The van der Waals surface area contributed by atoms with Gasteiger partial charge in [-0.3, -0.25) is 19.3 Å². The Labute approximate surface area is 239 Å². The molecule has 42 heavy (non-hydrogen) atoms. The maximum absolute atomic E-state index is 14.0. The minimum atomic E-state index is -1.46. The van der Waals surface area contributed by atoms with Crippen LogP contribution in [-0.2, 0) is 25.5 Å². The van der Waals surface area contributed by atoms with E-state index < -0.39 is 53.8 Å². The molecule has 0 aromatic heterocycles. The molecule has 2 atom stereocenters. The number of benzodiazepines with no additional fused rings is 1. The number of aliphatic imine (C=N–C) groups is 1. The molecule has 1 saturated heterocycles. The van der Waals surface area contributed by atoms with E-state index in [0.29, 0.717) is 54.5 Å². The van der Waals surface area contributed by atoms with Crippen LogP contribution in [0.1, 0.15) is 22.6 Å². The lowest BCUT2D eigenvalue weighted by Gasteiger charge is -2.30. The van der Waals surface area contributed by atoms with E-state index in [0.717, 1.165) is 12.1 Å². The van der Waals surface area contributed by atoms with E-state index in [2.05, 4.69) is 10.3 Å². The van der Waals surface area contributed by atoms with E-state index in [-0.39, 0.29) is 6.42 Å². The third kappa shape index (κ3) is 6.28. The van der Waals surface area contributed by atoms with Gasteiger partial charge < -0.3 is 20.7 Å². The normalized spacial score (nSPS) is 17.6. The van der Waals surface area contributed by atoms with Gasteiger partial charge in [0.1, 0.15) is 18.2 Å². The van der Waals surface area contributed by atoms with E-state index in [9.17, 15) is 27.6 Å². The maximum Gasteiger partial charge on any atom is 0.272 e. The number of fused-ring (bicyclic) bond motifs is 1. The van der Waals surface area contributed by atoms with E-state index >= 15 is 0 Å². The number of nitrogens with zero attached hydrogens (tertiary/aromatic N) is 3. The lowest BCUT2D eigenvalue weighted by Crippen LogP contribution is -2.51. The Morgan fingerprint density at radius 2 is 1.71 bits per heavy atom. The summed E-state index contributed by atoms with van der Waals surface area (Å²) in [6.45, 7) is 1.36. The molecule has 1 fully saturated rings. The maximum atomic E-state index is 14.0. The Kier molecular flexibility index (Phi) is 8.53. The van der Waals surface area contributed by atoms with Crippen molar-refractivity contribution in [3.05, 3.63) is 101 Å². The largest absolute Gasteiger partial charge is 0.378 e. The smallest absolute Gasteiger partial charge is 0.272 e. The highest BCUT2D eigenvalue weighted by Crippen LogP contribution is 2.28. The standard InChI is InChI=1S/C30H28F3N5O4/c31-20-8-6-19(7-9-20)22(15-18-5-10-23(32)24(33)16-18)29(40)36-27-30(41)38(17-26(34)39)25-4-2-1-3-21(25)28(35-27)37-11-13-42-14-12-37/h1-10,16,22,27H,11-15,17H2,(H2,34,39)(H,36,40)/t22-,27?/m1/s1. The quantitative estimate of drug-likeness (QED) is 0.446. The molecule has 0 saturated carbocycles. The van der Waals surface area contributed by atoms with Crippen molar-refractivity contribution in [3.63, 3.8) is 0 Å². The summed E-state index contributed by atoms with van der Waals surface area (Å²) < 4.78 is 46.8. The minimum absolute atomic E-state index is 0.0825. The Morgan fingerprint density at radius 1 is 1.00 bits per heavy atom. The number of amides is 3. The molecule has 218 valence electrons. The molecule has 1 unspecified atom stereocenters. The first-order valence-corrected chi connectivity index (χ1v) is 13.3. The van der Waals surface area contributed by atoms with Crippen LogP contribution in [0.3, 0.4) is 0 Å². The van der Waals surface area contributed by atoms with Crippen molar-refractivity contribution in [1.29, 1.82) is 0 Å². The lowest BCUT2D eigenvalue weighted by molar-refractivity contribution is -0.128. The van der Waals surface area contributed by atoms with Crippen LogP contribution >= 0.6 is 0 Å². The number of ether oxygens (including phenoxy) is 1. The Balaban J connectivity index is 1.53. The second-order valence-electron chi connectivity index (χ2n) is 9.93. The molecular weight excluding hydrogens is 551 g/mol. The first-order chi connectivity index (χ1) is 20.2. The van der Waals surface area contributed by atoms with Crippen LogP contribution in [-0.4, -0.2) is 67.5 Å². The topological polar surface area (TPSA) is 117 Å². The monoisotopic (exact) mass is 579 g/mol. The number of carbonyl (C=O) groups is 3. The van der Waals surface area contributed by atoms with Crippen molar-refractivity contribution in [3.8, 4) is 0 Å². The summed E-state index contributed by atoms with van der Waals surface area (Å²) in [5, 5.41) is 2.69. The van der Waals surface area contributed by atoms with Gasteiger partial charge in [-0.25, -0.2) is 18.2 Å². The van der Waals surface area contributed by atoms with Gasteiger partial charge in [-0.2, -0.15) is 0 Å². The number of hydrogen-bond donors (Lipinski definition) is 2. The Morgan fingerprint density at radius 3 is 2.40 bits per heavy atom. The lowest BCUT2D eigenvalue weighted by atomic mass is 9.91. The molecule has 3 amide bonds. The third-order valence-corrected chi connectivity index (χ3v) is 7.10. The van der Waals surface area contributed by atoms with Gasteiger partial charge >= 0.3 is 0 Å². The second-order valence-corrected chi connectivity index (χ2v) is 9.93. The number of para-hydroxylation sites is 1. The molecule has 2 aliphatic rings. The van der Waals surface area contributed by atoms with Crippen molar-refractivity contribution in [2.24, 2.45) is 10.7 Å². The molecule has 3 aromatic rings. The van der Waals surface area contributed by atoms with Gasteiger partial charge in [0.25, 0.3) is 5.91 Å². The number of anilines is 1. The molecule has 0 bridgehead atoms. The van der Waals surface area contributed by atoms with Crippen molar-refractivity contribution < 1.29 is 32.3 Å². The van der Waals surface area contributed by atoms with Crippen LogP contribution in [0.15, 0.2) is 71.7 Å². The van der Waals surface area contributed by atoms with Crippen LogP contribution < -0.4 is 16.0 Å². The summed E-state index contributed by atoms with van der Waals surface area (Å²) in [7, 11) is 0. The molecule has 3 aromatic carbocycles. The van der Waals surface area contributed by atoms with E-state index in [1.54, 1.807) is 24.3 Å². The first-order valence-electron chi connectivity index (χ1n) is 13.3. The van der Waals surface area contributed by atoms with Crippen molar-refractivity contribution >= 4 is 29.2 Å². The second kappa shape index (κ2) is 12.4. The molecule has 9 nitrogen and oxygen atoms in total. The predicted octanol–water partition coefficient (Wildman–Crippen LogP) is 2.48. The zero-order valence-corrected chi connectivity index (χ0v) is 22.4. The third-order valence-electron chi connectivity index (χ3n) is 7.10. The number of benzene rings is 3. The number of hydrogen-bond acceptors (Lipinski definition) is 6. The fourth-order valence-electron chi connectivity index (χ4n) is 5.05. The van der Waals surface area contributed by atoms with Crippen LogP contribution in [0.4, 0.5) is 18.9 Å². The first kappa shape index (κ1) is 28.8. The van der Waals surface area contributed by atoms with E-state index in [1.165, 1.54) is 35.2 Å². The summed E-state index contributed by atoms with van der Waals surface area (Å²) in [4.78, 5) is 47.5. The molecular formula is C30H28F3N5O4. The molecule has 3 N–H and O–H groups in total. The summed E-state index contributed by atoms with van der Waals surface area (Å²) >= 11 is 0. The zero-order chi connectivity index (χ0) is 29.8. The zero-order valence-electron chi connectivity index (χ0n) is 22.4. The summed E-state index contributed by atoms with van der Waals surface area (Å²) in [6.07, 6.45) is -1.55. The number of carbonyl (C=O) groups excluding carboxylic acids is 3. The Hall–Kier alpha value is -4.71. The van der Waals surface area contributed by atoms with Crippen molar-refractivity contribution in [2.45, 2.75) is 18.5 Å². The average Bonchev–Trinajstić information content (AvgIpc) is 3.09. The highest BCUT2D eigenvalue weighted by atomic mass is 19.2. The van der Waals surface area contributed by atoms with Gasteiger partial charge in [-0.05, 0) is 53.9 Å². The van der Waals surface area contributed by atoms with Crippen LogP contribution in [0.25, 0.3) is 0 Å². The van der Waals surface area contributed by atoms with Crippen molar-refractivity contribution in [1.82, 2.24) is 10.2 Å². The summed E-state index contributed by atoms with van der Waals surface area (Å²) in [6, 6.07) is 15.4. The molecule has 2 aliphatic heterocycles. The molecule has 0 aliphatic carbocycles. The van der Waals surface area contributed by atoms with Gasteiger partial charge in [0.2, 0.25) is 18.0 Å². The number of nitrogens with one attached hydrogen (secondary N) is 1. The molecule has 0 spiro atoms. The molecule has 0 radical (unpaired) electrons. The molecule has 12 heteroatoms. The number of nitrogens with two attached hydrogens (primary N) is 1. The van der Waals surface area contributed by atoms with Gasteiger partial charge in [-0.1, -0.05) is 30.3 Å². The van der Waals surface area contributed by atoms with E-state index in [1.807, 2.05) is 4.90 Å². The van der Waals surface area contributed by atoms with Gasteiger partial charge in [-0.15, -0.1) is 0 Å². The SMILES string of the molecule is NC(=O)CN1C(=O)C(NC(=O)[C@H](Cc2ccc(F)c(F)c2)c2ccc(F)cc2)N=C(N2CCOCC2)c2ccccc21. The highest BCUT2D eigenvalue weighted by Gasteiger charge is 2.36. The Bertz CT molecular complexity index is 1530. The molecule has 5 rings (SSSR count). The van der Waals surface area contributed by atoms with Crippen LogP contribution in [0.5, 0.6) is 0 Å². The number of halogens is 3. The van der Waals surface area contributed by atoms with Gasteiger partial charge in [0, 0.05) is 18.7 Å². The van der Waals surface area contributed by atoms with Crippen LogP contribution in [0.2, 0.25) is 0 Å². The van der Waals surface area contributed by atoms with Crippen LogP contribution in [0, 0.1) is 17.5 Å². The van der Waals surface area contributed by atoms with E-state index in [4.69, 9.17) is 10.5 Å². The minimum Gasteiger partial charge on any atom is -0.378 e. The molecule has 2 heterocycles. The van der Waals surface area contributed by atoms with Crippen molar-refractivity contribution in [2.75, 3.05) is 37.7 Å². The highest BCUT2D eigenvalue weighted by molar-refractivity contribution is 6.13. The number of morpholine rings is 1. The average molecular weight is 580 g/mol. The summed E-state index contributed by atoms with van der Waals surface area (Å²) in [5.41, 5.74) is 7.16. The van der Waals surface area contributed by atoms with Gasteiger partial charge in [0.05, 0.1) is 24.8 Å². The fraction of sp³-hybridized carbons (Fsp3) is 0.267. The number of primary amides is 1. The number of rotatable bonds is 7.